The topological polar surface area (TPSA) is 75.1 Å². The van der Waals surface area contributed by atoms with Gasteiger partial charge in [0.2, 0.25) is 5.82 Å². The molecule has 0 spiro atoms. The molecule has 1 fully saturated rings. The zero-order chi connectivity index (χ0) is 18.5. The molecule has 1 aromatic heterocycles. The number of rotatable bonds is 6. The van der Waals surface area contributed by atoms with E-state index in [2.05, 4.69) is 25.6 Å². The molecule has 0 saturated carbocycles. The molecule has 1 saturated heterocycles. The third kappa shape index (κ3) is 5.24. The van der Waals surface area contributed by atoms with Crippen LogP contribution in [-0.2, 0) is 0 Å². The van der Waals surface area contributed by atoms with Crippen LogP contribution in [0.15, 0.2) is 24.3 Å². The molecular formula is C18H26ClFN6O. The maximum atomic E-state index is 14.1. The number of hydrogen-bond acceptors (Lipinski definition) is 5. The highest BCUT2D eigenvalue weighted by Gasteiger charge is 2.21. The molecule has 2 aromatic rings. The molecule has 27 heavy (non-hydrogen) atoms. The minimum Gasteiger partial charge on any atom is -0.348 e. The number of benzene rings is 1. The summed E-state index contributed by atoms with van der Waals surface area (Å²) in [6.07, 6.45) is 0. The number of piperazine rings is 1. The maximum absolute atomic E-state index is 14.1. The molecule has 1 aliphatic heterocycles. The molecule has 2 heterocycles. The third-order valence-corrected chi connectivity index (χ3v) is 4.36. The van der Waals surface area contributed by atoms with Gasteiger partial charge in [-0.25, -0.2) is 14.1 Å². The molecule has 1 amide bonds. The van der Waals surface area contributed by atoms with Gasteiger partial charge in [0.1, 0.15) is 17.3 Å². The van der Waals surface area contributed by atoms with Crippen LogP contribution >= 0.6 is 12.4 Å². The van der Waals surface area contributed by atoms with Gasteiger partial charge in [0.05, 0.1) is 0 Å². The van der Waals surface area contributed by atoms with Gasteiger partial charge in [0.15, 0.2) is 0 Å². The highest BCUT2D eigenvalue weighted by molar-refractivity contribution is 5.90. The molecule has 1 aromatic carbocycles. The molecule has 0 bridgehead atoms. The Hall–Kier alpha value is -2.03. The first-order chi connectivity index (χ1) is 12.6. The zero-order valence-corrected chi connectivity index (χ0v) is 16.4. The first-order valence-electron chi connectivity index (χ1n) is 8.99. The van der Waals surface area contributed by atoms with Gasteiger partial charge >= 0.3 is 0 Å². The molecule has 7 nitrogen and oxygen atoms in total. The number of amides is 1. The Labute approximate surface area is 164 Å². The lowest BCUT2D eigenvalue weighted by Crippen LogP contribution is -2.46. The van der Waals surface area contributed by atoms with Crippen molar-refractivity contribution in [3.8, 4) is 5.69 Å². The minimum atomic E-state index is -0.398. The van der Waals surface area contributed by atoms with Crippen molar-refractivity contribution >= 4 is 18.3 Å². The average molecular weight is 397 g/mol. The summed E-state index contributed by atoms with van der Waals surface area (Å²) in [6, 6.07) is 6.35. The van der Waals surface area contributed by atoms with Crippen molar-refractivity contribution in [3.05, 3.63) is 41.7 Å². The smallest absolute Gasteiger partial charge is 0.291 e. The quantitative estimate of drug-likeness (QED) is 0.775. The Kier molecular flexibility index (Phi) is 7.70. The second kappa shape index (κ2) is 9.77. The highest BCUT2D eigenvalue weighted by atomic mass is 35.5. The van der Waals surface area contributed by atoms with E-state index in [0.717, 1.165) is 32.7 Å². The monoisotopic (exact) mass is 396 g/mol. The lowest BCUT2D eigenvalue weighted by atomic mass is 10.2. The number of para-hydroxylation sites is 1. The molecule has 3 rings (SSSR count). The van der Waals surface area contributed by atoms with Crippen LogP contribution in [0.25, 0.3) is 5.69 Å². The lowest BCUT2D eigenvalue weighted by Gasteiger charge is -2.26. The zero-order valence-electron chi connectivity index (χ0n) is 15.6. The van der Waals surface area contributed by atoms with E-state index in [1.54, 1.807) is 18.2 Å². The summed E-state index contributed by atoms with van der Waals surface area (Å²) in [5.41, 5.74) is 0.295. The summed E-state index contributed by atoms with van der Waals surface area (Å²) in [7, 11) is 0. The summed E-state index contributed by atoms with van der Waals surface area (Å²) in [5, 5.41) is 10.4. The first kappa shape index (κ1) is 21.3. The van der Waals surface area contributed by atoms with E-state index in [1.807, 2.05) is 13.8 Å². The number of nitrogens with one attached hydrogen (secondary N) is 2. The number of hydrogen-bond donors (Lipinski definition) is 2. The van der Waals surface area contributed by atoms with Gasteiger partial charge in [-0.15, -0.1) is 17.5 Å². The van der Waals surface area contributed by atoms with Crippen molar-refractivity contribution in [3.63, 3.8) is 0 Å². The second-order valence-corrected chi connectivity index (χ2v) is 6.66. The fraction of sp³-hybridized carbons (Fsp3) is 0.500. The average Bonchev–Trinajstić information content (AvgIpc) is 3.08. The van der Waals surface area contributed by atoms with Crippen LogP contribution < -0.4 is 10.6 Å². The van der Waals surface area contributed by atoms with Crippen molar-refractivity contribution in [2.24, 2.45) is 0 Å². The van der Waals surface area contributed by atoms with E-state index in [-0.39, 0.29) is 30.1 Å². The van der Waals surface area contributed by atoms with Gasteiger partial charge in [0.25, 0.3) is 5.91 Å². The van der Waals surface area contributed by atoms with E-state index < -0.39 is 5.82 Å². The molecule has 148 valence electrons. The largest absolute Gasteiger partial charge is 0.348 e. The molecular weight excluding hydrogens is 371 g/mol. The van der Waals surface area contributed by atoms with E-state index in [9.17, 15) is 9.18 Å². The van der Waals surface area contributed by atoms with E-state index in [1.165, 1.54) is 10.7 Å². The van der Waals surface area contributed by atoms with Crippen molar-refractivity contribution in [1.82, 2.24) is 30.3 Å². The third-order valence-electron chi connectivity index (χ3n) is 4.36. The van der Waals surface area contributed by atoms with Crippen molar-refractivity contribution in [2.75, 3.05) is 39.3 Å². The van der Waals surface area contributed by atoms with Crippen LogP contribution in [0.1, 0.15) is 36.2 Å². The number of halogens is 2. The van der Waals surface area contributed by atoms with Crippen LogP contribution in [0.3, 0.4) is 0 Å². The summed E-state index contributed by atoms with van der Waals surface area (Å²) in [6.45, 7) is 9.10. The van der Waals surface area contributed by atoms with Gasteiger partial charge in [0, 0.05) is 45.2 Å². The Morgan fingerprint density at radius 2 is 2.00 bits per heavy atom. The molecule has 0 atom stereocenters. The normalized spacial score (nSPS) is 14.8. The van der Waals surface area contributed by atoms with Crippen LogP contribution in [0, 0.1) is 5.82 Å². The fourth-order valence-electron chi connectivity index (χ4n) is 2.94. The lowest BCUT2D eigenvalue weighted by molar-refractivity contribution is 0.0937. The Bertz CT molecular complexity index is 760. The van der Waals surface area contributed by atoms with Gasteiger partial charge < -0.3 is 10.6 Å². The Morgan fingerprint density at radius 1 is 1.30 bits per heavy atom. The Balaban J connectivity index is 0.00000261. The van der Waals surface area contributed by atoms with Crippen molar-refractivity contribution in [2.45, 2.75) is 19.8 Å². The van der Waals surface area contributed by atoms with Crippen LogP contribution in [-0.4, -0.2) is 64.8 Å². The van der Waals surface area contributed by atoms with Crippen molar-refractivity contribution < 1.29 is 9.18 Å². The minimum absolute atomic E-state index is 0. The van der Waals surface area contributed by atoms with Gasteiger partial charge in [-0.1, -0.05) is 26.0 Å². The number of nitrogens with zero attached hydrogens (tertiary/aromatic N) is 4. The summed E-state index contributed by atoms with van der Waals surface area (Å²) in [5.74, 6) is -0.105. The summed E-state index contributed by atoms with van der Waals surface area (Å²) < 4.78 is 15.6. The number of carbonyl (C=O) groups excluding carboxylic acids is 1. The second-order valence-electron chi connectivity index (χ2n) is 6.66. The van der Waals surface area contributed by atoms with E-state index in [4.69, 9.17) is 0 Å². The molecule has 0 radical (unpaired) electrons. The fourth-order valence-corrected chi connectivity index (χ4v) is 2.94. The highest BCUT2D eigenvalue weighted by Crippen LogP contribution is 2.19. The van der Waals surface area contributed by atoms with Crippen molar-refractivity contribution in [1.29, 1.82) is 0 Å². The van der Waals surface area contributed by atoms with Crippen LogP contribution in [0.5, 0.6) is 0 Å². The Morgan fingerprint density at radius 3 is 2.67 bits per heavy atom. The van der Waals surface area contributed by atoms with Crippen LogP contribution in [0.4, 0.5) is 4.39 Å². The number of aromatic nitrogens is 3. The summed E-state index contributed by atoms with van der Waals surface area (Å²) in [4.78, 5) is 19.1. The maximum Gasteiger partial charge on any atom is 0.291 e. The van der Waals surface area contributed by atoms with E-state index >= 15 is 0 Å². The molecule has 0 unspecified atom stereocenters. The SMILES string of the molecule is CC(C)c1nc(C(=O)NCCN2CCNCC2)nn1-c1ccccc1F.Cl. The predicted molar refractivity (Wildman–Crippen MR) is 104 cm³/mol. The van der Waals surface area contributed by atoms with Crippen LogP contribution in [0.2, 0.25) is 0 Å². The predicted octanol–water partition coefficient (Wildman–Crippen LogP) is 1.59. The molecule has 9 heteroatoms. The standard InChI is InChI=1S/C18H25FN6O.ClH/c1-13(2)17-22-16(23-25(17)15-6-4-3-5-14(15)19)18(26)21-9-12-24-10-7-20-8-11-24;/h3-6,13,20H,7-12H2,1-2H3,(H,21,26);1H. The van der Waals surface area contributed by atoms with E-state index in [0.29, 0.717) is 18.1 Å². The molecule has 2 N–H and O–H groups in total. The first-order valence-corrected chi connectivity index (χ1v) is 8.99. The van der Waals surface area contributed by atoms with Gasteiger partial charge in [-0.3, -0.25) is 9.69 Å². The number of carbonyl (C=O) groups is 1. The van der Waals surface area contributed by atoms with Gasteiger partial charge in [-0.05, 0) is 12.1 Å². The molecule has 0 aliphatic carbocycles. The summed E-state index contributed by atoms with van der Waals surface area (Å²) >= 11 is 0. The van der Waals surface area contributed by atoms with Gasteiger partial charge in [-0.2, -0.15) is 0 Å². The molecule has 1 aliphatic rings.